The van der Waals surface area contributed by atoms with Gasteiger partial charge in [-0.2, -0.15) is 0 Å². The zero-order valence-corrected chi connectivity index (χ0v) is 25.7. The van der Waals surface area contributed by atoms with Crippen LogP contribution in [0.2, 0.25) is 10.0 Å². The third-order valence-electron chi connectivity index (χ3n) is 6.79. The number of amides is 2. The van der Waals surface area contributed by atoms with Gasteiger partial charge in [-0.1, -0.05) is 60.0 Å². The van der Waals surface area contributed by atoms with Crippen LogP contribution in [0.25, 0.3) is 0 Å². The van der Waals surface area contributed by atoms with Gasteiger partial charge in [-0.15, -0.1) is 0 Å². The molecule has 0 heterocycles. The number of carbonyl (C=O) groups is 2. The second-order valence-electron chi connectivity index (χ2n) is 9.63. The molecule has 1 unspecified atom stereocenters. The first-order chi connectivity index (χ1) is 18.9. The van der Waals surface area contributed by atoms with Crippen LogP contribution in [0.1, 0.15) is 42.5 Å². The number of likely N-dealkylation sites (N-methyl/N-ethyl adjacent to an activating group) is 1. The minimum absolute atomic E-state index is 0.0561. The zero-order chi connectivity index (χ0) is 29.6. The standard InChI is InChI=1S/C30H35Cl2N3O4S/c1-6-28(30(37)33-7-2)34(18-25-26(31)9-8-10-27(25)32)29(36)19-35(23-14-13-21(4)22(5)17-23)40(38,39)24-15-11-20(3)12-16-24/h8-17,28H,6-7,18-19H2,1-5H3,(H,33,37). The third kappa shape index (κ3) is 7.16. The van der Waals surface area contributed by atoms with Crippen molar-refractivity contribution in [3.63, 3.8) is 0 Å². The summed E-state index contributed by atoms with van der Waals surface area (Å²) < 4.78 is 29.0. The van der Waals surface area contributed by atoms with Gasteiger partial charge < -0.3 is 10.2 Å². The number of anilines is 1. The molecule has 40 heavy (non-hydrogen) atoms. The van der Waals surface area contributed by atoms with Crippen molar-refractivity contribution in [3.8, 4) is 0 Å². The molecule has 0 spiro atoms. The molecule has 0 radical (unpaired) electrons. The number of hydrogen-bond acceptors (Lipinski definition) is 4. The lowest BCUT2D eigenvalue weighted by molar-refractivity contribution is -0.140. The number of benzene rings is 3. The summed E-state index contributed by atoms with van der Waals surface area (Å²) in [6.07, 6.45) is 0.300. The average molecular weight is 605 g/mol. The highest BCUT2D eigenvalue weighted by Crippen LogP contribution is 2.29. The number of hydrogen-bond donors (Lipinski definition) is 1. The molecule has 0 bridgehead atoms. The molecule has 3 rings (SSSR count). The summed E-state index contributed by atoms with van der Waals surface area (Å²) in [5, 5.41) is 3.46. The molecule has 0 aliphatic carbocycles. The summed E-state index contributed by atoms with van der Waals surface area (Å²) >= 11 is 12.9. The first-order valence-electron chi connectivity index (χ1n) is 13.1. The number of aryl methyl sites for hydroxylation is 3. The molecule has 3 aromatic carbocycles. The van der Waals surface area contributed by atoms with Gasteiger partial charge >= 0.3 is 0 Å². The van der Waals surface area contributed by atoms with Crippen LogP contribution in [0.3, 0.4) is 0 Å². The quantitative estimate of drug-likeness (QED) is 0.289. The van der Waals surface area contributed by atoms with E-state index >= 15 is 0 Å². The van der Waals surface area contributed by atoms with Crippen LogP contribution in [-0.4, -0.2) is 44.3 Å². The average Bonchev–Trinajstić information content (AvgIpc) is 2.90. The number of carbonyl (C=O) groups excluding carboxylic acids is 2. The summed E-state index contributed by atoms with van der Waals surface area (Å²) in [7, 11) is -4.15. The van der Waals surface area contributed by atoms with Crippen molar-refractivity contribution in [1.82, 2.24) is 10.2 Å². The second kappa shape index (κ2) is 13.5. The molecule has 1 atom stereocenters. The number of halogens is 2. The summed E-state index contributed by atoms with van der Waals surface area (Å²) in [6, 6.07) is 15.8. The van der Waals surface area contributed by atoms with Gasteiger partial charge in [0.2, 0.25) is 11.8 Å². The normalized spacial score (nSPS) is 12.1. The maximum Gasteiger partial charge on any atom is 0.264 e. The molecular formula is C30H35Cl2N3O4S. The fourth-order valence-electron chi connectivity index (χ4n) is 4.31. The zero-order valence-electron chi connectivity index (χ0n) is 23.4. The Bertz CT molecular complexity index is 1460. The van der Waals surface area contributed by atoms with E-state index in [4.69, 9.17) is 23.2 Å². The van der Waals surface area contributed by atoms with Crippen molar-refractivity contribution in [2.75, 3.05) is 17.4 Å². The molecule has 3 aromatic rings. The molecule has 0 aliphatic rings. The second-order valence-corrected chi connectivity index (χ2v) is 12.3. The maximum atomic E-state index is 14.1. The van der Waals surface area contributed by atoms with Crippen LogP contribution >= 0.6 is 23.2 Å². The van der Waals surface area contributed by atoms with Gasteiger partial charge in [0.25, 0.3) is 10.0 Å². The first kappa shape index (κ1) is 31.5. The maximum absolute atomic E-state index is 14.1. The predicted molar refractivity (Wildman–Crippen MR) is 161 cm³/mol. The highest BCUT2D eigenvalue weighted by molar-refractivity contribution is 7.92. The molecule has 2 amide bonds. The van der Waals surface area contributed by atoms with E-state index in [1.54, 1.807) is 56.3 Å². The van der Waals surface area contributed by atoms with Crippen LogP contribution < -0.4 is 9.62 Å². The van der Waals surface area contributed by atoms with E-state index in [0.717, 1.165) is 21.0 Å². The summed E-state index contributed by atoms with van der Waals surface area (Å²) in [5.74, 6) is -0.913. The fourth-order valence-corrected chi connectivity index (χ4v) is 6.24. The SMILES string of the molecule is CCNC(=O)C(CC)N(Cc1c(Cl)cccc1Cl)C(=O)CN(c1ccc(C)c(C)c1)S(=O)(=O)c1ccc(C)cc1. The molecule has 10 heteroatoms. The predicted octanol–water partition coefficient (Wildman–Crippen LogP) is 6.06. The third-order valence-corrected chi connectivity index (χ3v) is 9.29. The van der Waals surface area contributed by atoms with Gasteiger partial charge in [-0.25, -0.2) is 8.42 Å². The molecule has 0 aliphatic heterocycles. The monoisotopic (exact) mass is 603 g/mol. The van der Waals surface area contributed by atoms with E-state index in [1.165, 1.54) is 17.0 Å². The van der Waals surface area contributed by atoms with Crippen LogP contribution in [0, 0.1) is 20.8 Å². The van der Waals surface area contributed by atoms with Gasteiger partial charge in [-0.05, 0) is 81.6 Å². The van der Waals surface area contributed by atoms with Crippen LogP contribution in [-0.2, 0) is 26.2 Å². The van der Waals surface area contributed by atoms with E-state index in [9.17, 15) is 18.0 Å². The minimum Gasteiger partial charge on any atom is -0.355 e. The van der Waals surface area contributed by atoms with Gasteiger partial charge in [-0.3, -0.25) is 13.9 Å². The van der Waals surface area contributed by atoms with Crippen molar-refractivity contribution >= 4 is 50.7 Å². The van der Waals surface area contributed by atoms with Gasteiger partial charge in [0.15, 0.2) is 0 Å². The molecule has 0 saturated heterocycles. The molecular weight excluding hydrogens is 569 g/mol. The van der Waals surface area contributed by atoms with E-state index < -0.39 is 28.5 Å². The van der Waals surface area contributed by atoms with Crippen molar-refractivity contribution in [2.24, 2.45) is 0 Å². The summed E-state index contributed by atoms with van der Waals surface area (Å²) in [4.78, 5) is 28.6. The van der Waals surface area contributed by atoms with Gasteiger partial charge in [0.1, 0.15) is 12.6 Å². The van der Waals surface area contributed by atoms with Crippen molar-refractivity contribution in [3.05, 3.63) is 93.0 Å². The Morgan fingerprint density at radius 3 is 2.08 bits per heavy atom. The molecule has 0 fully saturated rings. The Labute approximate surface area is 247 Å². The first-order valence-corrected chi connectivity index (χ1v) is 15.3. The van der Waals surface area contributed by atoms with Crippen molar-refractivity contribution in [1.29, 1.82) is 0 Å². The molecule has 0 saturated carbocycles. The number of nitrogens with one attached hydrogen (secondary N) is 1. The highest BCUT2D eigenvalue weighted by atomic mass is 35.5. The molecule has 214 valence electrons. The smallest absolute Gasteiger partial charge is 0.264 e. The Hall–Kier alpha value is -3.07. The van der Waals surface area contributed by atoms with E-state index in [0.29, 0.717) is 34.3 Å². The van der Waals surface area contributed by atoms with Gasteiger partial charge in [0.05, 0.1) is 10.6 Å². The van der Waals surface area contributed by atoms with E-state index in [1.807, 2.05) is 26.8 Å². The van der Waals surface area contributed by atoms with Crippen LogP contribution in [0.5, 0.6) is 0 Å². The minimum atomic E-state index is -4.15. The molecule has 0 aromatic heterocycles. The largest absolute Gasteiger partial charge is 0.355 e. The lowest BCUT2D eigenvalue weighted by Gasteiger charge is -2.33. The lowest BCUT2D eigenvalue weighted by atomic mass is 10.1. The van der Waals surface area contributed by atoms with Crippen molar-refractivity contribution < 1.29 is 18.0 Å². The fraction of sp³-hybridized carbons (Fsp3) is 0.333. The number of sulfonamides is 1. The highest BCUT2D eigenvalue weighted by Gasteiger charge is 2.34. The Balaban J connectivity index is 2.12. The van der Waals surface area contributed by atoms with Crippen molar-refractivity contribution in [2.45, 2.75) is 58.5 Å². The molecule has 7 nitrogen and oxygen atoms in total. The van der Waals surface area contributed by atoms with Crippen LogP contribution in [0.4, 0.5) is 5.69 Å². The molecule has 1 N–H and O–H groups in total. The van der Waals surface area contributed by atoms with Gasteiger partial charge in [0, 0.05) is 28.7 Å². The van der Waals surface area contributed by atoms with Crippen LogP contribution in [0.15, 0.2) is 65.6 Å². The topological polar surface area (TPSA) is 86.8 Å². The van der Waals surface area contributed by atoms with E-state index in [-0.39, 0.29) is 17.3 Å². The Kier molecular flexibility index (Phi) is 10.6. The van der Waals surface area contributed by atoms with E-state index in [2.05, 4.69) is 5.32 Å². The Morgan fingerprint density at radius 1 is 0.900 bits per heavy atom. The Morgan fingerprint density at radius 2 is 1.52 bits per heavy atom. The summed E-state index contributed by atoms with van der Waals surface area (Å²) in [5.41, 5.74) is 3.59. The number of nitrogens with zero attached hydrogens (tertiary/aromatic N) is 2. The summed E-state index contributed by atoms with van der Waals surface area (Å²) in [6.45, 7) is 9.03. The lowest BCUT2D eigenvalue weighted by Crippen LogP contribution is -2.52. The number of rotatable bonds is 11.